The number of nitrogens with two attached hydrogens (primary N) is 1. The van der Waals surface area contributed by atoms with Gasteiger partial charge in [-0.1, -0.05) is 0 Å². The lowest BCUT2D eigenvalue weighted by Crippen LogP contribution is -3.00. The van der Waals surface area contributed by atoms with Crippen LogP contribution in [0, 0.1) is 0 Å². The molecule has 0 atom stereocenters. The summed E-state index contributed by atoms with van der Waals surface area (Å²) in [6.45, 7) is 4.07. The summed E-state index contributed by atoms with van der Waals surface area (Å²) < 4.78 is 0.662. The second kappa shape index (κ2) is 7.09. The maximum absolute atomic E-state index is 12.2. The smallest absolute Gasteiger partial charge is 0.305 e. The highest BCUT2D eigenvalue weighted by atomic mass is 35.5. The van der Waals surface area contributed by atoms with Crippen LogP contribution in [0.25, 0.3) is 0 Å². The predicted molar refractivity (Wildman–Crippen MR) is 78.4 cm³/mol. The van der Waals surface area contributed by atoms with E-state index >= 15 is 0 Å². The Morgan fingerprint density at radius 2 is 1.86 bits per heavy atom. The van der Waals surface area contributed by atoms with Gasteiger partial charge in [0.2, 0.25) is 0 Å². The van der Waals surface area contributed by atoms with Gasteiger partial charge in [-0.15, -0.1) is 0 Å². The summed E-state index contributed by atoms with van der Waals surface area (Å²) in [4.78, 5) is 14.4. The zero-order valence-electron chi connectivity index (χ0n) is 12.5. The summed E-state index contributed by atoms with van der Waals surface area (Å²) in [5.41, 5.74) is 6.65. The number of benzene rings is 1. The summed E-state index contributed by atoms with van der Waals surface area (Å²) in [5.74, 6) is -0.290. The van der Waals surface area contributed by atoms with Gasteiger partial charge in [0.25, 0.3) is 0 Å². The summed E-state index contributed by atoms with van der Waals surface area (Å²) in [5, 5.41) is 10.7. The SMILES string of the molecule is CN1CC[N+](C)(CC(=O)N(O)c2ccc(N)cc2)CC1.[Cl-]. The minimum atomic E-state index is -0.290. The van der Waals surface area contributed by atoms with Crippen LogP contribution >= 0.6 is 0 Å². The van der Waals surface area contributed by atoms with Crippen LogP contribution in [-0.4, -0.2) is 67.3 Å². The maximum atomic E-state index is 12.2. The summed E-state index contributed by atoms with van der Waals surface area (Å²) >= 11 is 0. The monoisotopic (exact) mass is 314 g/mol. The Morgan fingerprint density at radius 3 is 2.38 bits per heavy atom. The Morgan fingerprint density at radius 1 is 1.33 bits per heavy atom. The third-order valence-electron chi connectivity index (χ3n) is 3.93. The first kappa shape index (κ1) is 17.7. The van der Waals surface area contributed by atoms with Crippen LogP contribution in [0.1, 0.15) is 0 Å². The van der Waals surface area contributed by atoms with Crippen molar-refractivity contribution in [3.8, 4) is 0 Å². The van der Waals surface area contributed by atoms with Crippen LogP contribution < -0.4 is 23.2 Å². The fourth-order valence-corrected chi connectivity index (χ4v) is 2.36. The molecule has 0 aromatic heterocycles. The number of hydrogen-bond donors (Lipinski definition) is 2. The van der Waals surface area contributed by atoms with E-state index in [-0.39, 0.29) is 18.3 Å². The molecule has 0 bridgehead atoms. The van der Waals surface area contributed by atoms with Gasteiger partial charge < -0.3 is 22.6 Å². The zero-order valence-corrected chi connectivity index (χ0v) is 13.3. The highest BCUT2D eigenvalue weighted by Gasteiger charge is 2.31. The molecular formula is C14H23ClN4O2. The van der Waals surface area contributed by atoms with Crippen LogP contribution in [0.4, 0.5) is 11.4 Å². The first-order valence-corrected chi connectivity index (χ1v) is 6.79. The van der Waals surface area contributed by atoms with E-state index in [4.69, 9.17) is 5.73 Å². The van der Waals surface area contributed by atoms with Crippen molar-refractivity contribution in [2.75, 3.05) is 57.6 Å². The summed E-state index contributed by atoms with van der Waals surface area (Å²) in [6.07, 6.45) is 0. The number of hydrogen-bond acceptors (Lipinski definition) is 4. The summed E-state index contributed by atoms with van der Waals surface area (Å²) in [7, 11) is 4.14. The van der Waals surface area contributed by atoms with Gasteiger partial charge >= 0.3 is 5.91 Å². The highest BCUT2D eigenvalue weighted by molar-refractivity contribution is 5.92. The number of nitrogens with zero attached hydrogens (tertiary/aromatic N) is 3. The number of halogens is 1. The predicted octanol–water partition coefficient (Wildman–Crippen LogP) is -2.61. The van der Waals surface area contributed by atoms with E-state index in [1.165, 1.54) is 0 Å². The number of carbonyl (C=O) groups is 1. The molecule has 0 saturated carbocycles. The van der Waals surface area contributed by atoms with Gasteiger partial charge in [0.05, 0.1) is 25.8 Å². The quantitative estimate of drug-likeness (QED) is 0.278. The molecule has 7 heteroatoms. The van der Waals surface area contributed by atoms with E-state index in [1.807, 2.05) is 0 Å². The normalized spacial score (nSPS) is 17.9. The fraction of sp³-hybridized carbons (Fsp3) is 0.500. The Bertz CT molecular complexity index is 472. The number of piperazine rings is 1. The third-order valence-corrected chi connectivity index (χ3v) is 3.93. The number of rotatable bonds is 3. The van der Waals surface area contributed by atoms with Crippen molar-refractivity contribution in [3.63, 3.8) is 0 Å². The van der Waals surface area contributed by atoms with Gasteiger partial charge in [-0.25, -0.2) is 0 Å². The molecule has 1 aliphatic heterocycles. The van der Waals surface area contributed by atoms with Crippen LogP contribution in [0.15, 0.2) is 24.3 Å². The van der Waals surface area contributed by atoms with Gasteiger partial charge in [-0.3, -0.25) is 14.9 Å². The van der Waals surface area contributed by atoms with Crippen molar-refractivity contribution >= 4 is 17.3 Å². The molecule has 1 amide bonds. The molecule has 1 aliphatic rings. The van der Waals surface area contributed by atoms with Crippen molar-refractivity contribution in [2.24, 2.45) is 0 Å². The highest BCUT2D eigenvalue weighted by Crippen LogP contribution is 2.16. The lowest BCUT2D eigenvalue weighted by Gasteiger charge is -2.40. The number of likely N-dealkylation sites (N-methyl/N-ethyl adjacent to an activating group) is 2. The average molecular weight is 315 g/mol. The minimum Gasteiger partial charge on any atom is -1.00 e. The lowest BCUT2D eigenvalue weighted by molar-refractivity contribution is -0.906. The van der Waals surface area contributed by atoms with Gasteiger partial charge in [0.15, 0.2) is 6.54 Å². The second-order valence-corrected chi connectivity index (χ2v) is 5.83. The van der Waals surface area contributed by atoms with Gasteiger partial charge in [-0.2, -0.15) is 5.06 Å². The first-order chi connectivity index (χ1) is 9.39. The average Bonchev–Trinajstić information content (AvgIpc) is 2.42. The van der Waals surface area contributed by atoms with E-state index < -0.39 is 0 Å². The van der Waals surface area contributed by atoms with E-state index in [9.17, 15) is 10.0 Å². The molecule has 0 aliphatic carbocycles. The number of hydroxylamine groups is 1. The van der Waals surface area contributed by atoms with Crippen LogP contribution in [0.5, 0.6) is 0 Å². The molecule has 1 heterocycles. The van der Waals surface area contributed by atoms with Crippen molar-refractivity contribution in [1.29, 1.82) is 0 Å². The van der Waals surface area contributed by atoms with E-state index in [0.29, 0.717) is 22.4 Å². The van der Waals surface area contributed by atoms with Crippen LogP contribution in [0.2, 0.25) is 0 Å². The van der Waals surface area contributed by atoms with Crippen molar-refractivity contribution in [1.82, 2.24) is 4.90 Å². The molecule has 0 radical (unpaired) electrons. The van der Waals surface area contributed by atoms with Crippen LogP contribution in [0.3, 0.4) is 0 Å². The van der Waals surface area contributed by atoms with Gasteiger partial charge in [0.1, 0.15) is 0 Å². The Hall–Kier alpha value is -1.34. The largest absolute Gasteiger partial charge is 1.00 e. The van der Waals surface area contributed by atoms with Crippen LogP contribution in [-0.2, 0) is 4.79 Å². The van der Waals surface area contributed by atoms with E-state index in [2.05, 4.69) is 19.0 Å². The summed E-state index contributed by atoms with van der Waals surface area (Å²) in [6, 6.07) is 6.60. The standard InChI is InChI=1S/C14H23N4O2.ClH/c1-16-7-9-18(2,10-8-16)11-14(19)17(20)13-5-3-12(15)4-6-13;/h3-6,20H,7-11,15H2,1-2H3;1H/q+1;/p-1. The lowest BCUT2D eigenvalue weighted by atomic mass is 10.2. The number of nitrogen functional groups attached to an aromatic ring is 1. The molecule has 1 fully saturated rings. The maximum Gasteiger partial charge on any atom is 0.305 e. The number of anilines is 2. The molecule has 0 spiro atoms. The molecule has 0 unspecified atom stereocenters. The molecule has 21 heavy (non-hydrogen) atoms. The zero-order chi connectivity index (χ0) is 14.8. The number of quaternary nitrogens is 1. The number of amides is 1. The van der Waals surface area contributed by atoms with Crippen molar-refractivity contribution in [3.05, 3.63) is 24.3 Å². The first-order valence-electron chi connectivity index (χ1n) is 6.79. The second-order valence-electron chi connectivity index (χ2n) is 5.83. The molecule has 2 rings (SSSR count). The van der Waals surface area contributed by atoms with E-state index in [0.717, 1.165) is 31.2 Å². The molecule has 6 nitrogen and oxygen atoms in total. The molecular weight excluding hydrogens is 292 g/mol. The third kappa shape index (κ3) is 4.57. The Balaban J connectivity index is 0.00000220. The Labute approximate surface area is 131 Å². The molecule has 1 aromatic carbocycles. The molecule has 1 aromatic rings. The Kier molecular flexibility index (Phi) is 5.98. The number of carbonyl (C=O) groups excluding carboxylic acids is 1. The fourth-order valence-electron chi connectivity index (χ4n) is 2.36. The molecule has 1 saturated heterocycles. The van der Waals surface area contributed by atoms with E-state index in [1.54, 1.807) is 24.3 Å². The molecule has 118 valence electrons. The topological polar surface area (TPSA) is 69.8 Å². The van der Waals surface area contributed by atoms with Crippen molar-refractivity contribution < 1.29 is 26.9 Å². The van der Waals surface area contributed by atoms with Gasteiger partial charge in [-0.05, 0) is 31.3 Å². The molecule has 3 N–H and O–H groups in total. The minimum absolute atomic E-state index is 0. The van der Waals surface area contributed by atoms with Gasteiger partial charge in [0, 0.05) is 18.8 Å². The van der Waals surface area contributed by atoms with Crippen molar-refractivity contribution in [2.45, 2.75) is 0 Å².